The first-order valence-corrected chi connectivity index (χ1v) is 7.43. The molecule has 20 heavy (non-hydrogen) atoms. The second-order valence-electron chi connectivity index (χ2n) is 4.93. The first-order chi connectivity index (χ1) is 9.40. The van der Waals surface area contributed by atoms with Gasteiger partial charge in [-0.1, -0.05) is 0 Å². The van der Waals surface area contributed by atoms with Crippen molar-refractivity contribution in [1.82, 2.24) is 14.7 Å². The highest BCUT2D eigenvalue weighted by Gasteiger charge is 2.39. The largest absolute Gasteiger partial charge is 0.480 e. The fourth-order valence-corrected chi connectivity index (χ4v) is 3.18. The monoisotopic (exact) mass is 298 g/mol. The highest BCUT2D eigenvalue weighted by Crippen LogP contribution is 2.29. The number of amides is 2. The topological polar surface area (TPSA) is 87.5 Å². The molecule has 1 aromatic rings. The van der Waals surface area contributed by atoms with E-state index in [9.17, 15) is 9.59 Å². The van der Waals surface area contributed by atoms with Crippen LogP contribution in [-0.2, 0) is 4.79 Å². The molecule has 2 amide bonds. The van der Waals surface area contributed by atoms with E-state index >= 15 is 0 Å². The van der Waals surface area contributed by atoms with E-state index in [1.165, 1.54) is 16.7 Å². The molecular formula is C12H18N4O3S. The highest BCUT2D eigenvalue weighted by atomic mass is 32.2. The number of nitrogens with zero attached hydrogens (tertiary/aromatic N) is 3. The lowest BCUT2D eigenvalue weighted by molar-refractivity contribution is -0.141. The predicted molar refractivity (Wildman–Crippen MR) is 76.8 cm³/mol. The first-order valence-electron chi connectivity index (χ1n) is 6.38. The molecule has 2 N–H and O–H groups in total. The summed E-state index contributed by atoms with van der Waals surface area (Å²) in [5, 5.41) is 15.8. The SMILES string of the molecule is CC1SCC(C(=O)O)N1C(=O)Nc1cnn(C(C)C)c1. The molecule has 2 heterocycles. The lowest BCUT2D eigenvalue weighted by Gasteiger charge is -2.24. The summed E-state index contributed by atoms with van der Waals surface area (Å²) in [5.41, 5.74) is 0.567. The Morgan fingerprint density at radius 3 is 2.80 bits per heavy atom. The molecule has 0 aliphatic carbocycles. The summed E-state index contributed by atoms with van der Waals surface area (Å²) in [7, 11) is 0. The number of anilines is 1. The van der Waals surface area contributed by atoms with Gasteiger partial charge in [-0.3, -0.25) is 9.58 Å². The van der Waals surface area contributed by atoms with Crippen LogP contribution in [0.1, 0.15) is 26.8 Å². The quantitative estimate of drug-likeness (QED) is 0.889. The summed E-state index contributed by atoms with van der Waals surface area (Å²) >= 11 is 1.45. The second-order valence-corrected chi connectivity index (χ2v) is 6.28. The van der Waals surface area contributed by atoms with Crippen molar-refractivity contribution in [3.63, 3.8) is 0 Å². The number of aliphatic carboxylic acids is 1. The number of nitrogens with one attached hydrogen (secondary N) is 1. The van der Waals surface area contributed by atoms with Crippen molar-refractivity contribution < 1.29 is 14.7 Å². The van der Waals surface area contributed by atoms with Crippen molar-refractivity contribution in [2.24, 2.45) is 0 Å². The van der Waals surface area contributed by atoms with Gasteiger partial charge >= 0.3 is 12.0 Å². The van der Waals surface area contributed by atoms with Crippen LogP contribution >= 0.6 is 11.8 Å². The minimum atomic E-state index is -0.977. The number of hydrogen-bond acceptors (Lipinski definition) is 4. The second kappa shape index (κ2) is 5.74. The van der Waals surface area contributed by atoms with Crippen LogP contribution in [0.4, 0.5) is 10.5 Å². The average Bonchev–Trinajstić information content (AvgIpc) is 2.95. The fourth-order valence-electron chi connectivity index (χ4n) is 2.01. The summed E-state index contributed by atoms with van der Waals surface area (Å²) in [5.74, 6) is -0.565. The van der Waals surface area contributed by atoms with E-state index in [4.69, 9.17) is 5.11 Å². The van der Waals surface area contributed by atoms with E-state index in [0.29, 0.717) is 11.4 Å². The Labute approximate surface area is 121 Å². The molecule has 8 heteroatoms. The van der Waals surface area contributed by atoms with Gasteiger partial charge < -0.3 is 10.4 Å². The van der Waals surface area contributed by atoms with E-state index in [2.05, 4.69) is 10.4 Å². The first kappa shape index (κ1) is 14.7. The van der Waals surface area contributed by atoms with Gasteiger partial charge in [0.2, 0.25) is 0 Å². The predicted octanol–water partition coefficient (Wildman–Crippen LogP) is 1.84. The number of thioether (sulfide) groups is 1. The fraction of sp³-hybridized carbons (Fsp3) is 0.583. The molecule has 1 aliphatic rings. The number of carboxylic acids is 1. The summed E-state index contributed by atoms with van der Waals surface area (Å²) < 4.78 is 1.73. The zero-order valence-corrected chi connectivity index (χ0v) is 12.4. The van der Waals surface area contributed by atoms with Crippen LogP contribution in [0.25, 0.3) is 0 Å². The van der Waals surface area contributed by atoms with Crippen LogP contribution in [0.3, 0.4) is 0 Å². The lowest BCUT2D eigenvalue weighted by atomic mass is 10.3. The third-order valence-corrected chi connectivity index (χ3v) is 4.34. The van der Waals surface area contributed by atoms with Crippen molar-refractivity contribution in [2.45, 2.75) is 38.2 Å². The molecule has 110 valence electrons. The maximum atomic E-state index is 12.2. The number of carbonyl (C=O) groups excluding carboxylic acids is 1. The Kier molecular flexibility index (Phi) is 4.22. The van der Waals surface area contributed by atoms with Gasteiger partial charge in [-0.15, -0.1) is 11.8 Å². The maximum absolute atomic E-state index is 12.2. The normalized spacial score (nSPS) is 22.3. The molecule has 2 unspecified atom stereocenters. The van der Waals surface area contributed by atoms with Crippen LogP contribution < -0.4 is 5.32 Å². The Bertz CT molecular complexity index is 517. The summed E-state index contributed by atoms with van der Waals surface area (Å²) in [6, 6.07) is -0.984. The van der Waals surface area contributed by atoms with Crippen LogP contribution in [0.5, 0.6) is 0 Å². The minimum Gasteiger partial charge on any atom is -0.480 e. The smallest absolute Gasteiger partial charge is 0.327 e. The third-order valence-electron chi connectivity index (χ3n) is 3.12. The number of urea groups is 1. The van der Waals surface area contributed by atoms with Crippen LogP contribution in [0.2, 0.25) is 0 Å². The Morgan fingerprint density at radius 1 is 1.55 bits per heavy atom. The van der Waals surface area contributed by atoms with Gasteiger partial charge in [0, 0.05) is 18.0 Å². The molecule has 2 rings (SSSR count). The van der Waals surface area contributed by atoms with E-state index in [0.717, 1.165) is 0 Å². The maximum Gasteiger partial charge on any atom is 0.327 e. The highest BCUT2D eigenvalue weighted by molar-refractivity contribution is 8.00. The van der Waals surface area contributed by atoms with Crippen LogP contribution in [0, 0.1) is 0 Å². The van der Waals surface area contributed by atoms with Crippen molar-refractivity contribution >= 4 is 29.4 Å². The summed E-state index contributed by atoms with van der Waals surface area (Å²) in [4.78, 5) is 24.7. The molecule has 1 aliphatic heterocycles. The lowest BCUT2D eigenvalue weighted by Crippen LogP contribution is -2.46. The molecule has 0 radical (unpaired) electrons. The summed E-state index contributed by atoms with van der Waals surface area (Å²) in [6.45, 7) is 5.79. The number of rotatable bonds is 3. The number of hydrogen-bond donors (Lipinski definition) is 2. The summed E-state index contributed by atoms with van der Waals surface area (Å²) in [6.07, 6.45) is 3.29. The van der Waals surface area contributed by atoms with E-state index in [-0.39, 0.29) is 11.4 Å². The Balaban J connectivity index is 2.08. The van der Waals surface area contributed by atoms with Gasteiger partial charge in [-0.25, -0.2) is 9.59 Å². The molecule has 0 saturated carbocycles. The molecule has 0 aromatic carbocycles. The minimum absolute atomic E-state index is 0.156. The van der Waals surface area contributed by atoms with Gasteiger partial charge in [0.25, 0.3) is 0 Å². The molecular weight excluding hydrogens is 280 g/mol. The van der Waals surface area contributed by atoms with Gasteiger partial charge in [0.15, 0.2) is 0 Å². The molecule has 2 atom stereocenters. The van der Waals surface area contributed by atoms with Crippen molar-refractivity contribution in [3.05, 3.63) is 12.4 Å². The van der Waals surface area contributed by atoms with Gasteiger partial charge in [0.1, 0.15) is 6.04 Å². The van der Waals surface area contributed by atoms with Crippen molar-refractivity contribution in [2.75, 3.05) is 11.1 Å². The van der Waals surface area contributed by atoms with E-state index in [1.54, 1.807) is 17.1 Å². The van der Waals surface area contributed by atoms with Crippen molar-refractivity contribution in [1.29, 1.82) is 0 Å². The van der Waals surface area contributed by atoms with Crippen LogP contribution in [-0.4, -0.2) is 49.0 Å². The number of carboxylic acid groups (broad SMARTS) is 1. The Hall–Kier alpha value is -1.70. The van der Waals surface area contributed by atoms with Crippen molar-refractivity contribution in [3.8, 4) is 0 Å². The zero-order valence-electron chi connectivity index (χ0n) is 11.6. The number of aromatic nitrogens is 2. The Morgan fingerprint density at radius 2 is 2.25 bits per heavy atom. The molecule has 1 aromatic heterocycles. The molecule has 1 fully saturated rings. The standard InChI is InChI=1S/C12H18N4O3S/c1-7(2)15-5-9(4-13-15)14-12(19)16-8(3)20-6-10(16)11(17)18/h4-5,7-8,10H,6H2,1-3H3,(H,14,19)(H,17,18). The van der Waals surface area contributed by atoms with E-state index < -0.39 is 18.0 Å². The molecule has 0 bridgehead atoms. The number of carbonyl (C=O) groups is 2. The average molecular weight is 298 g/mol. The molecule has 0 spiro atoms. The van der Waals surface area contributed by atoms with E-state index in [1.807, 2.05) is 20.8 Å². The van der Waals surface area contributed by atoms with Gasteiger partial charge in [-0.05, 0) is 20.8 Å². The molecule has 1 saturated heterocycles. The van der Waals surface area contributed by atoms with Gasteiger partial charge in [0.05, 0.1) is 17.3 Å². The van der Waals surface area contributed by atoms with Gasteiger partial charge in [-0.2, -0.15) is 5.10 Å². The zero-order chi connectivity index (χ0) is 14.9. The van der Waals surface area contributed by atoms with Crippen LogP contribution in [0.15, 0.2) is 12.4 Å². The third kappa shape index (κ3) is 2.90. The molecule has 7 nitrogen and oxygen atoms in total.